The molecule has 1 aliphatic carbocycles. The quantitative estimate of drug-likeness (QED) is 0.925. The van der Waals surface area contributed by atoms with Gasteiger partial charge < -0.3 is 5.32 Å². The van der Waals surface area contributed by atoms with E-state index in [2.05, 4.69) is 5.32 Å². The maximum Gasteiger partial charge on any atom is 0.232 e. The number of anilines is 2. The molecule has 1 saturated carbocycles. The lowest BCUT2D eigenvalue weighted by atomic mass is 10.0. The van der Waals surface area contributed by atoms with Crippen LogP contribution in [0.1, 0.15) is 25.3 Å². The number of sulfonamides is 1. The number of hydrogen-bond acceptors (Lipinski definition) is 3. The van der Waals surface area contributed by atoms with Gasteiger partial charge in [-0.05, 0) is 37.3 Å². The molecule has 1 atom stereocenters. The van der Waals surface area contributed by atoms with E-state index >= 15 is 0 Å². The average molecular weight is 308 g/mol. The van der Waals surface area contributed by atoms with Crippen LogP contribution in [0.5, 0.6) is 0 Å². The lowest BCUT2D eigenvalue weighted by molar-refractivity contribution is -0.119. The van der Waals surface area contributed by atoms with E-state index in [9.17, 15) is 13.2 Å². The van der Waals surface area contributed by atoms with Crippen LogP contribution in [0, 0.1) is 11.8 Å². The zero-order chi connectivity index (χ0) is 15.2. The molecule has 0 saturated heterocycles. The second-order valence-electron chi connectivity index (χ2n) is 6.00. The zero-order valence-corrected chi connectivity index (χ0v) is 13.1. The minimum Gasteiger partial charge on any atom is -0.326 e. The van der Waals surface area contributed by atoms with Crippen molar-refractivity contribution < 1.29 is 13.2 Å². The van der Waals surface area contributed by atoms with Crippen molar-refractivity contribution in [2.45, 2.75) is 26.2 Å². The fourth-order valence-electron chi connectivity index (χ4n) is 2.92. The van der Waals surface area contributed by atoms with Gasteiger partial charge in [0.15, 0.2) is 0 Å². The van der Waals surface area contributed by atoms with Gasteiger partial charge in [0.2, 0.25) is 15.9 Å². The van der Waals surface area contributed by atoms with Gasteiger partial charge in [0.05, 0.1) is 11.9 Å². The SMILES string of the molecule is CC(C(=O)Nc1cccc2c1CCN2S(C)(=O)=O)C1CC1. The first-order valence-corrected chi connectivity index (χ1v) is 9.13. The number of nitrogens with one attached hydrogen (secondary N) is 1. The van der Waals surface area contributed by atoms with E-state index in [1.165, 1.54) is 10.6 Å². The van der Waals surface area contributed by atoms with Crippen LogP contribution < -0.4 is 9.62 Å². The summed E-state index contributed by atoms with van der Waals surface area (Å²) in [6.45, 7) is 2.40. The molecule has 0 spiro atoms. The molecule has 2 aliphatic rings. The summed E-state index contributed by atoms with van der Waals surface area (Å²) in [5.41, 5.74) is 2.35. The monoisotopic (exact) mass is 308 g/mol. The van der Waals surface area contributed by atoms with E-state index in [4.69, 9.17) is 0 Å². The molecule has 1 N–H and O–H groups in total. The minimum absolute atomic E-state index is 0.0215. The van der Waals surface area contributed by atoms with E-state index in [1.54, 1.807) is 12.1 Å². The predicted molar refractivity (Wildman–Crippen MR) is 82.9 cm³/mol. The molecule has 6 heteroatoms. The largest absolute Gasteiger partial charge is 0.326 e. The predicted octanol–water partition coefficient (Wildman–Crippen LogP) is 1.99. The number of carbonyl (C=O) groups is 1. The molecule has 0 bridgehead atoms. The summed E-state index contributed by atoms with van der Waals surface area (Å²) < 4.78 is 25.0. The van der Waals surface area contributed by atoms with Crippen LogP contribution in [0.3, 0.4) is 0 Å². The standard InChI is InChI=1S/C15H20N2O3S/c1-10(11-6-7-11)15(18)16-13-4-3-5-14-12(13)8-9-17(14)21(2,19)20/h3-5,10-11H,6-9H2,1-2H3,(H,16,18). The maximum atomic E-state index is 12.2. The first-order valence-electron chi connectivity index (χ1n) is 7.28. The van der Waals surface area contributed by atoms with Crippen LogP contribution in [0.15, 0.2) is 18.2 Å². The third-order valence-corrected chi connectivity index (χ3v) is 5.57. The highest BCUT2D eigenvalue weighted by Gasteiger charge is 2.33. The lowest BCUT2D eigenvalue weighted by Crippen LogP contribution is -2.27. The van der Waals surface area contributed by atoms with Crippen molar-refractivity contribution >= 4 is 27.3 Å². The van der Waals surface area contributed by atoms with Crippen LogP contribution in [0.4, 0.5) is 11.4 Å². The van der Waals surface area contributed by atoms with Gasteiger partial charge in [0, 0.05) is 23.7 Å². The van der Waals surface area contributed by atoms with E-state index in [-0.39, 0.29) is 11.8 Å². The fourth-order valence-corrected chi connectivity index (χ4v) is 3.87. The maximum absolute atomic E-state index is 12.2. The molecule has 21 heavy (non-hydrogen) atoms. The average Bonchev–Trinajstić information content (AvgIpc) is 3.15. The molecule has 1 fully saturated rings. The Morgan fingerprint density at radius 2 is 2.10 bits per heavy atom. The van der Waals surface area contributed by atoms with E-state index < -0.39 is 10.0 Å². The van der Waals surface area contributed by atoms with Crippen molar-refractivity contribution in [3.8, 4) is 0 Å². The Kier molecular flexibility index (Phi) is 3.43. The van der Waals surface area contributed by atoms with Crippen molar-refractivity contribution in [2.24, 2.45) is 11.8 Å². The fraction of sp³-hybridized carbons (Fsp3) is 0.533. The second kappa shape index (κ2) is 5.02. The van der Waals surface area contributed by atoms with Crippen molar-refractivity contribution in [1.82, 2.24) is 0 Å². The highest BCUT2D eigenvalue weighted by Crippen LogP contribution is 2.38. The van der Waals surface area contributed by atoms with E-state index in [1.807, 2.05) is 13.0 Å². The first-order chi connectivity index (χ1) is 9.88. The lowest BCUT2D eigenvalue weighted by Gasteiger charge is -2.17. The first kappa shape index (κ1) is 14.4. The summed E-state index contributed by atoms with van der Waals surface area (Å²) in [4.78, 5) is 12.2. The number of fused-ring (bicyclic) bond motifs is 1. The highest BCUT2D eigenvalue weighted by molar-refractivity contribution is 7.92. The molecule has 5 nitrogen and oxygen atoms in total. The molecule has 1 unspecified atom stereocenters. The number of carbonyl (C=O) groups excluding carboxylic acids is 1. The van der Waals surface area contributed by atoms with Gasteiger partial charge in [-0.2, -0.15) is 0 Å². The van der Waals surface area contributed by atoms with Crippen molar-refractivity contribution in [1.29, 1.82) is 0 Å². The third-order valence-electron chi connectivity index (χ3n) is 4.39. The Morgan fingerprint density at radius 1 is 1.38 bits per heavy atom. The van der Waals surface area contributed by atoms with E-state index in [0.717, 1.165) is 24.1 Å². The van der Waals surface area contributed by atoms with Gasteiger partial charge in [0.1, 0.15) is 0 Å². The van der Waals surface area contributed by atoms with Gasteiger partial charge in [-0.1, -0.05) is 13.0 Å². The van der Waals surface area contributed by atoms with Crippen LogP contribution >= 0.6 is 0 Å². The number of hydrogen-bond donors (Lipinski definition) is 1. The third kappa shape index (κ3) is 2.77. The Morgan fingerprint density at radius 3 is 2.71 bits per heavy atom. The van der Waals surface area contributed by atoms with Gasteiger partial charge in [-0.25, -0.2) is 8.42 Å². The van der Waals surface area contributed by atoms with Crippen molar-refractivity contribution in [2.75, 3.05) is 22.4 Å². The van der Waals surface area contributed by atoms with Crippen LogP contribution in [0.2, 0.25) is 0 Å². The van der Waals surface area contributed by atoms with Gasteiger partial charge >= 0.3 is 0 Å². The molecule has 1 heterocycles. The Balaban J connectivity index is 1.85. The molecular formula is C15H20N2O3S. The molecule has 0 aromatic heterocycles. The number of nitrogens with zero attached hydrogens (tertiary/aromatic N) is 1. The number of benzene rings is 1. The summed E-state index contributed by atoms with van der Waals surface area (Å²) in [6, 6.07) is 5.44. The van der Waals surface area contributed by atoms with Gasteiger partial charge in [0.25, 0.3) is 0 Å². The topological polar surface area (TPSA) is 66.5 Å². The Labute approximate surface area is 125 Å². The minimum atomic E-state index is -3.26. The summed E-state index contributed by atoms with van der Waals surface area (Å²) in [7, 11) is -3.26. The molecule has 0 radical (unpaired) electrons. The van der Waals surface area contributed by atoms with Crippen LogP contribution in [0.25, 0.3) is 0 Å². The molecule has 114 valence electrons. The molecule has 1 aromatic carbocycles. The van der Waals surface area contributed by atoms with Gasteiger partial charge in [-0.15, -0.1) is 0 Å². The van der Waals surface area contributed by atoms with Crippen LogP contribution in [-0.4, -0.2) is 27.1 Å². The molecule has 1 amide bonds. The zero-order valence-electron chi connectivity index (χ0n) is 12.3. The normalized spacial score (nSPS) is 19.2. The number of rotatable bonds is 4. The Hall–Kier alpha value is -1.56. The molecule has 1 aliphatic heterocycles. The van der Waals surface area contributed by atoms with Gasteiger partial charge in [-0.3, -0.25) is 9.10 Å². The van der Waals surface area contributed by atoms with Crippen molar-refractivity contribution in [3.63, 3.8) is 0 Å². The highest BCUT2D eigenvalue weighted by atomic mass is 32.2. The molecule has 1 aromatic rings. The second-order valence-corrected chi connectivity index (χ2v) is 7.91. The van der Waals surface area contributed by atoms with E-state index in [0.29, 0.717) is 24.6 Å². The summed E-state index contributed by atoms with van der Waals surface area (Å²) in [6.07, 6.45) is 4.10. The van der Waals surface area contributed by atoms with Crippen molar-refractivity contribution in [3.05, 3.63) is 23.8 Å². The molecule has 3 rings (SSSR count). The van der Waals surface area contributed by atoms with Crippen LogP contribution in [-0.2, 0) is 21.2 Å². The summed E-state index contributed by atoms with van der Waals surface area (Å²) in [5.74, 6) is 0.561. The smallest absolute Gasteiger partial charge is 0.232 e. The number of amides is 1. The summed E-state index contributed by atoms with van der Waals surface area (Å²) >= 11 is 0. The Bertz CT molecular complexity index is 680. The summed E-state index contributed by atoms with van der Waals surface area (Å²) in [5, 5.41) is 2.97. The molecular weight excluding hydrogens is 288 g/mol.